The molecule has 2 heterocycles. The monoisotopic (exact) mass is 401 g/mol. The Kier molecular flexibility index (Phi) is 7.92. The molecule has 0 radical (unpaired) electrons. The summed E-state index contributed by atoms with van der Waals surface area (Å²) in [6.07, 6.45) is 7.42. The summed E-state index contributed by atoms with van der Waals surface area (Å²) < 4.78 is 5.94. The fourth-order valence-corrected chi connectivity index (χ4v) is 4.46. The summed E-state index contributed by atoms with van der Waals surface area (Å²) in [5.41, 5.74) is 6.43. The summed E-state index contributed by atoms with van der Waals surface area (Å²) in [4.78, 5) is 27.3. The second-order valence-corrected chi connectivity index (χ2v) is 8.33. The van der Waals surface area contributed by atoms with E-state index < -0.39 is 0 Å². The first-order valence-corrected chi connectivity index (χ1v) is 11.1. The van der Waals surface area contributed by atoms with Crippen LogP contribution >= 0.6 is 0 Å². The van der Waals surface area contributed by atoms with E-state index in [0.717, 1.165) is 57.1 Å². The summed E-state index contributed by atoms with van der Waals surface area (Å²) in [7, 11) is 0. The highest BCUT2D eigenvalue weighted by Gasteiger charge is 2.41. The van der Waals surface area contributed by atoms with Crippen molar-refractivity contribution < 1.29 is 14.3 Å². The van der Waals surface area contributed by atoms with Crippen LogP contribution in [0.2, 0.25) is 0 Å². The Balaban J connectivity index is 1.63. The van der Waals surface area contributed by atoms with E-state index in [4.69, 9.17) is 10.5 Å². The van der Waals surface area contributed by atoms with Gasteiger partial charge in [-0.25, -0.2) is 0 Å². The van der Waals surface area contributed by atoms with Gasteiger partial charge in [-0.2, -0.15) is 0 Å². The van der Waals surface area contributed by atoms with Crippen LogP contribution in [0.3, 0.4) is 0 Å². The summed E-state index contributed by atoms with van der Waals surface area (Å²) in [6, 6.07) is 8.24. The minimum atomic E-state index is -0.348. The number of hydrogen-bond donors (Lipinski definition) is 2. The molecule has 1 aromatic rings. The fourth-order valence-electron chi connectivity index (χ4n) is 4.46. The Morgan fingerprint density at radius 2 is 1.93 bits per heavy atom. The highest BCUT2D eigenvalue weighted by atomic mass is 16.5. The van der Waals surface area contributed by atoms with E-state index in [1.54, 1.807) is 0 Å². The van der Waals surface area contributed by atoms with E-state index in [-0.39, 0.29) is 17.2 Å². The summed E-state index contributed by atoms with van der Waals surface area (Å²) in [5, 5.41) is 3.14. The Morgan fingerprint density at radius 3 is 2.72 bits per heavy atom. The molecule has 0 unspecified atom stereocenters. The number of fused-ring (bicyclic) bond motifs is 1. The van der Waals surface area contributed by atoms with Crippen LogP contribution < -0.4 is 15.8 Å². The van der Waals surface area contributed by atoms with Gasteiger partial charge in [-0.3, -0.25) is 9.59 Å². The largest absolute Gasteiger partial charge is 0.493 e. The number of carbonyl (C=O) groups is 2. The second-order valence-electron chi connectivity index (χ2n) is 8.33. The molecule has 3 N–H and O–H groups in total. The average Bonchev–Trinajstić information content (AvgIpc) is 2.76. The van der Waals surface area contributed by atoms with Crippen molar-refractivity contribution in [3.63, 3.8) is 0 Å². The van der Waals surface area contributed by atoms with Crippen LogP contribution in [0.15, 0.2) is 24.3 Å². The zero-order valence-electron chi connectivity index (χ0n) is 17.5. The summed E-state index contributed by atoms with van der Waals surface area (Å²) in [6.45, 7) is 3.11. The lowest BCUT2D eigenvalue weighted by molar-refractivity contribution is -0.141. The predicted octanol–water partition coefficient (Wildman–Crippen LogP) is 2.65. The van der Waals surface area contributed by atoms with Crippen LogP contribution in [-0.4, -0.2) is 49.5 Å². The molecule has 1 fully saturated rings. The quantitative estimate of drug-likeness (QED) is 0.815. The standard InChI is InChI=1S/C23H35N3O3/c24-14-5-10-21(27)26-16-12-23(13-17-26)11-4-3-8-19-7-1-2-9-20(19)29-18-6-15-25-22(23)28/h1-2,7,9H,3-6,8,10-18,24H2,(H,25,28). The van der Waals surface area contributed by atoms with Gasteiger partial charge < -0.3 is 20.7 Å². The molecule has 0 aromatic heterocycles. The minimum absolute atomic E-state index is 0.156. The maximum atomic E-state index is 13.1. The number of piperidine rings is 1. The molecule has 160 valence electrons. The molecule has 0 bridgehead atoms. The van der Waals surface area contributed by atoms with Crippen LogP contribution in [0.25, 0.3) is 0 Å². The van der Waals surface area contributed by atoms with Crippen LogP contribution in [0, 0.1) is 5.41 Å². The Hall–Kier alpha value is -2.08. The molecule has 6 heteroatoms. The number of ether oxygens (including phenoxy) is 1. The van der Waals surface area contributed by atoms with Crippen LogP contribution in [-0.2, 0) is 16.0 Å². The molecule has 0 saturated carbocycles. The molecule has 2 aliphatic heterocycles. The lowest BCUT2D eigenvalue weighted by Gasteiger charge is -2.41. The number of amides is 2. The van der Waals surface area contributed by atoms with E-state index >= 15 is 0 Å². The third-order valence-corrected chi connectivity index (χ3v) is 6.34. The zero-order chi connectivity index (χ0) is 20.5. The SMILES string of the molecule is NCCCC(=O)N1CCC2(CCCCc3ccccc3OCCCNC2=O)CC1. The number of para-hydroxylation sites is 1. The van der Waals surface area contributed by atoms with Gasteiger partial charge in [-0.1, -0.05) is 24.6 Å². The zero-order valence-corrected chi connectivity index (χ0v) is 17.5. The minimum Gasteiger partial charge on any atom is -0.493 e. The third kappa shape index (κ3) is 5.72. The first-order chi connectivity index (χ1) is 14.1. The topological polar surface area (TPSA) is 84.7 Å². The molecular formula is C23H35N3O3. The maximum Gasteiger partial charge on any atom is 0.226 e. The van der Waals surface area contributed by atoms with Gasteiger partial charge in [0.25, 0.3) is 0 Å². The Morgan fingerprint density at radius 1 is 1.14 bits per heavy atom. The third-order valence-electron chi connectivity index (χ3n) is 6.34. The van der Waals surface area contributed by atoms with Gasteiger partial charge in [0.2, 0.25) is 11.8 Å². The normalized spacial score (nSPS) is 20.4. The highest BCUT2D eigenvalue weighted by Crippen LogP contribution is 2.38. The van der Waals surface area contributed by atoms with Crippen molar-refractivity contribution in [1.29, 1.82) is 0 Å². The fraction of sp³-hybridized carbons (Fsp3) is 0.652. The summed E-state index contributed by atoms with van der Waals surface area (Å²) in [5.74, 6) is 1.30. The van der Waals surface area contributed by atoms with E-state index in [9.17, 15) is 9.59 Å². The predicted molar refractivity (Wildman–Crippen MR) is 114 cm³/mol. The number of hydrogen-bond acceptors (Lipinski definition) is 4. The number of nitrogens with two attached hydrogens (primary N) is 1. The lowest BCUT2D eigenvalue weighted by Crippen LogP contribution is -2.50. The molecule has 3 rings (SSSR count). The van der Waals surface area contributed by atoms with Gasteiger partial charge in [-0.05, 0) is 63.1 Å². The maximum absolute atomic E-state index is 13.1. The number of likely N-dealkylation sites (tertiary alicyclic amines) is 1. The molecule has 2 amide bonds. The van der Waals surface area contributed by atoms with Gasteiger partial charge in [0.1, 0.15) is 5.75 Å². The molecular weight excluding hydrogens is 366 g/mol. The average molecular weight is 402 g/mol. The van der Waals surface area contributed by atoms with Crippen molar-refractivity contribution >= 4 is 11.8 Å². The van der Waals surface area contributed by atoms with Crippen molar-refractivity contribution in [3.8, 4) is 5.75 Å². The van der Waals surface area contributed by atoms with Crippen LogP contribution in [0.5, 0.6) is 5.75 Å². The van der Waals surface area contributed by atoms with Crippen molar-refractivity contribution in [2.24, 2.45) is 11.1 Å². The molecule has 2 aliphatic rings. The Bertz CT molecular complexity index is 684. The van der Waals surface area contributed by atoms with E-state index in [0.29, 0.717) is 39.2 Å². The van der Waals surface area contributed by atoms with Gasteiger partial charge in [0.15, 0.2) is 0 Å². The molecule has 1 spiro atoms. The Labute approximate surface area is 174 Å². The van der Waals surface area contributed by atoms with Gasteiger partial charge in [0, 0.05) is 26.1 Å². The molecule has 6 nitrogen and oxygen atoms in total. The van der Waals surface area contributed by atoms with Gasteiger partial charge in [-0.15, -0.1) is 0 Å². The number of nitrogens with zero attached hydrogens (tertiary/aromatic N) is 1. The van der Waals surface area contributed by atoms with Crippen molar-refractivity contribution in [2.45, 2.75) is 57.8 Å². The number of carbonyl (C=O) groups excluding carboxylic acids is 2. The van der Waals surface area contributed by atoms with Crippen molar-refractivity contribution in [3.05, 3.63) is 29.8 Å². The first kappa shape index (κ1) is 21.6. The number of aryl methyl sites for hydroxylation is 1. The van der Waals surface area contributed by atoms with Crippen LogP contribution in [0.1, 0.15) is 56.9 Å². The second kappa shape index (κ2) is 10.6. The molecule has 29 heavy (non-hydrogen) atoms. The molecule has 1 aromatic carbocycles. The summed E-state index contributed by atoms with van der Waals surface area (Å²) >= 11 is 0. The van der Waals surface area contributed by atoms with Gasteiger partial charge in [0.05, 0.1) is 12.0 Å². The highest BCUT2D eigenvalue weighted by molar-refractivity contribution is 5.83. The van der Waals surface area contributed by atoms with Crippen molar-refractivity contribution in [1.82, 2.24) is 10.2 Å². The molecule has 1 saturated heterocycles. The first-order valence-electron chi connectivity index (χ1n) is 11.1. The molecule has 0 aliphatic carbocycles. The number of nitrogens with one attached hydrogen (secondary N) is 1. The van der Waals surface area contributed by atoms with E-state index in [2.05, 4.69) is 17.4 Å². The van der Waals surface area contributed by atoms with Crippen molar-refractivity contribution in [2.75, 3.05) is 32.8 Å². The number of rotatable bonds is 3. The van der Waals surface area contributed by atoms with E-state index in [1.807, 2.05) is 17.0 Å². The smallest absolute Gasteiger partial charge is 0.226 e. The van der Waals surface area contributed by atoms with Crippen LogP contribution in [0.4, 0.5) is 0 Å². The van der Waals surface area contributed by atoms with Gasteiger partial charge >= 0.3 is 0 Å². The number of benzene rings is 1. The lowest BCUT2D eigenvalue weighted by atomic mass is 9.73. The van der Waals surface area contributed by atoms with E-state index in [1.165, 1.54) is 5.56 Å². The molecule has 0 atom stereocenters.